The molecular weight excluding hydrogens is 350 g/mol. The second-order valence-corrected chi connectivity index (χ2v) is 2.08. The normalized spacial score (nSPS) is 7.11. The summed E-state index contributed by atoms with van der Waals surface area (Å²) in [5, 5.41) is 1.14. The fraction of sp³-hybridized carbons (Fsp3) is 0.800. The molecule has 2 nitrogen and oxygen atoms in total. The van der Waals surface area contributed by atoms with Gasteiger partial charge in [-0.25, -0.2) is 0 Å². The molecule has 0 heterocycles. The van der Waals surface area contributed by atoms with Crippen molar-refractivity contribution in [2.75, 3.05) is 0 Å². The molecule has 4 heteroatoms. The van der Waals surface area contributed by atoms with Gasteiger partial charge in [-0.05, 0) is 0 Å². The third-order valence-corrected chi connectivity index (χ3v) is 1.22. The number of hydrogen-bond donors (Lipinski definition) is 0. The Morgan fingerprint density at radius 2 is 1.89 bits per heavy atom. The molecule has 0 aromatic carbocycles. The van der Waals surface area contributed by atoms with Crippen molar-refractivity contribution in [1.82, 2.24) is 0 Å². The van der Waals surface area contributed by atoms with E-state index in [0.29, 0.717) is 0 Å². The van der Waals surface area contributed by atoms with Gasteiger partial charge in [0, 0.05) is 0 Å². The number of rotatable bonds is 4. The second kappa shape index (κ2) is 16.0. The molecule has 0 fully saturated rings. The molecule has 0 bridgehead atoms. The summed E-state index contributed by atoms with van der Waals surface area (Å²) in [6.07, 6.45) is 3.93. The van der Waals surface area contributed by atoms with Crippen molar-refractivity contribution < 1.29 is 24.9 Å². The minimum absolute atomic E-state index is 0.0556. The Balaban J connectivity index is 0. The van der Waals surface area contributed by atoms with Crippen LogP contribution in [-0.2, 0) is 24.9 Å². The van der Waals surface area contributed by atoms with Gasteiger partial charge in [0.15, 0.2) is 0 Å². The van der Waals surface area contributed by atoms with Crippen LogP contribution in [0.4, 0.5) is 0 Å². The Morgan fingerprint density at radius 1 is 1.33 bits per heavy atom. The Bertz CT molecular complexity index is 60.9. The van der Waals surface area contributed by atoms with Gasteiger partial charge in [-0.3, -0.25) is 0 Å². The summed E-state index contributed by atoms with van der Waals surface area (Å²) in [5.74, 6) is 0. The summed E-state index contributed by atoms with van der Waals surface area (Å²) >= 11 is 2.56. The van der Waals surface area contributed by atoms with Crippen molar-refractivity contribution in [2.45, 2.75) is 24.4 Å². The Hall–Kier alpha value is 0.976. The molecule has 0 rings (SSSR count). The number of hydrogen-bond acceptors (Lipinski definition) is 2. The first-order valence-corrected chi connectivity index (χ1v) is 5.24. The summed E-state index contributed by atoms with van der Waals surface area (Å²) in [5.41, 5.74) is 0. The van der Waals surface area contributed by atoms with E-state index in [1.54, 1.807) is 0 Å². The van der Waals surface area contributed by atoms with E-state index in [1.165, 1.54) is 6.42 Å². The van der Waals surface area contributed by atoms with Crippen LogP contribution in [0.2, 0.25) is 5.13 Å². The van der Waals surface area contributed by atoms with Gasteiger partial charge in [-0.2, -0.15) is 0 Å². The standard InChI is InChI=1S/C5H9O.O.Pb.V/c1-2-3-4-5-6;;;/h5H,1-4H2;;;. The van der Waals surface area contributed by atoms with E-state index in [9.17, 15) is 4.79 Å². The Kier molecular flexibility index (Phi) is 22.4. The quantitative estimate of drug-likeness (QED) is 0.423. The van der Waals surface area contributed by atoms with Gasteiger partial charge in [-0.1, -0.05) is 0 Å². The van der Waals surface area contributed by atoms with Crippen LogP contribution >= 0.6 is 0 Å². The van der Waals surface area contributed by atoms with E-state index in [1.807, 2.05) is 0 Å². The monoisotopic (exact) mass is 360 g/mol. The van der Waals surface area contributed by atoms with Crippen LogP contribution in [0.25, 0.3) is 0 Å². The number of carbonyl (C=O) groups is 1. The van der Waals surface area contributed by atoms with Gasteiger partial charge in [0.2, 0.25) is 0 Å². The van der Waals surface area contributed by atoms with Crippen LogP contribution in [0.15, 0.2) is 0 Å². The van der Waals surface area contributed by atoms with Crippen LogP contribution in [0.1, 0.15) is 19.3 Å². The van der Waals surface area contributed by atoms with Crippen molar-refractivity contribution in [1.29, 1.82) is 0 Å². The van der Waals surface area contributed by atoms with Crippen molar-refractivity contribution in [3.63, 3.8) is 0 Å². The van der Waals surface area contributed by atoms with Crippen LogP contribution in [0, 0.1) is 0 Å². The SMILES string of the molecule is O=CCCC[CH2][V].[O]=[Pb]. The third kappa shape index (κ3) is 17.6. The molecule has 0 N–H and O–H groups in total. The average molecular weight is 359 g/mol. The molecule has 0 amide bonds. The van der Waals surface area contributed by atoms with E-state index in [-0.39, 0.29) is 25.8 Å². The third-order valence-electron chi connectivity index (χ3n) is 0.730. The molecule has 0 saturated heterocycles. The summed E-state index contributed by atoms with van der Waals surface area (Å²) in [6, 6.07) is 0. The number of aldehydes is 1. The molecule has 0 aromatic rings. The Morgan fingerprint density at radius 3 is 2.22 bits per heavy atom. The first-order valence-electron chi connectivity index (χ1n) is 2.66. The van der Waals surface area contributed by atoms with Gasteiger partial charge in [0.05, 0.1) is 0 Å². The van der Waals surface area contributed by atoms with Gasteiger partial charge in [0.1, 0.15) is 0 Å². The van der Waals surface area contributed by atoms with Crippen LogP contribution < -0.4 is 0 Å². The predicted octanol–water partition coefficient (Wildman–Crippen LogP) is 0.821. The van der Waals surface area contributed by atoms with Crippen molar-refractivity contribution in [2.24, 2.45) is 0 Å². The minimum atomic E-state index is 0.0556. The molecule has 9 heavy (non-hydrogen) atoms. The summed E-state index contributed by atoms with van der Waals surface area (Å²) in [6.45, 7) is 0. The fourth-order valence-electron chi connectivity index (χ4n) is 0.339. The molecule has 0 spiro atoms. The summed E-state index contributed by atoms with van der Waals surface area (Å²) < 4.78 is 8.39. The van der Waals surface area contributed by atoms with Crippen LogP contribution in [-0.4, -0.2) is 32.1 Å². The summed E-state index contributed by atoms with van der Waals surface area (Å²) in [7, 11) is 0. The average Bonchev–Trinajstić information content (AvgIpc) is 1.94. The Labute approximate surface area is 80.9 Å². The van der Waals surface area contributed by atoms with E-state index < -0.39 is 0 Å². The molecule has 0 aromatic heterocycles. The second-order valence-electron chi connectivity index (χ2n) is 1.39. The van der Waals surface area contributed by atoms with Crippen molar-refractivity contribution in [3.05, 3.63) is 0 Å². The maximum absolute atomic E-state index is 9.67. The van der Waals surface area contributed by atoms with Gasteiger partial charge in [-0.15, -0.1) is 0 Å². The van der Waals surface area contributed by atoms with Gasteiger partial charge >= 0.3 is 81.4 Å². The molecular formula is C5H9O2PbV. The van der Waals surface area contributed by atoms with Crippen LogP contribution in [0.5, 0.6) is 0 Å². The number of carbonyl (C=O) groups excluding carboxylic acids is 1. The van der Waals surface area contributed by atoms with Crippen molar-refractivity contribution >= 4 is 32.1 Å². The van der Waals surface area contributed by atoms with Gasteiger partial charge < -0.3 is 0 Å². The zero-order valence-electron chi connectivity index (χ0n) is 5.17. The summed E-state index contributed by atoms with van der Waals surface area (Å²) in [4.78, 5) is 9.67. The van der Waals surface area contributed by atoms with Crippen molar-refractivity contribution in [3.8, 4) is 0 Å². The molecule has 50 valence electrons. The zero-order valence-corrected chi connectivity index (χ0v) is 10.5. The van der Waals surface area contributed by atoms with Gasteiger partial charge in [0.25, 0.3) is 0 Å². The first kappa shape index (κ1) is 12.6. The molecule has 0 aliphatic heterocycles. The molecule has 0 atom stereocenters. The predicted molar refractivity (Wildman–Crippen MR) is 31.2 cm³/mol. The fourth-order valence-corrected chi connectivity index (χ4v) is 0.689. The maximum atomic E-state index is 9.67. The first-order chi connectivity index (χ1) is 4.41. The number of unbranched alkanes of at least 4 members (excludes halogenated alkanes) is 2. The van der Waals surface area contributed by atoms with Crippen LogP contribution in [0.3, 0.4) is 0 Å². The van der Waals surface area contributed by atoms with E-state index >= 15 is 0 Å². The molecule has 2 radical (unpaired) electrons. The van der Waals surface area contributed by atoms with E-state index in [2.05, 4.69) is 17.4 Å². The topological polar surface area (TPSA) is 34.1 Å². The molecule has 0 aliphatic carbocycles. The molecule has 0 aliphatic rings. The molecule has 0 saturated carbocycles. The van der Waals surface area contributed by atoms with E-state index in [0.717, 1.165) is 24.3 Å². The van der Waals surface area contributed by atoms with E-state index in [4.69, 9.17) is 2.69 Å². The zero-order chi connectivity index (χ0) is 7.54. The molecule has 0 unspecified atom stereocenters.